The highest BCUT2D eigenvalue weighted by Gasteiger charge is 2.31. The van der Waals surface area contributed by atoms with Gasteiger partial charge < -0.3 is 19.7 Å². The number of aliphatic hydroxyl groups is 1. The third-order valence-electron chi connectivity index (χ3n) is 4.45. The number of aromatic nitrogens is 2. The van der Waals surface area contributed by atoms with E-state index in [1.54, 1.807) is 0 Å². The van der Waals surface area contributed by atoms with Crippen LogP contribution < -0.4 is 5.32 Å². The number of nitrogens with one attached hydrogen (secondary N) is 1. The fraction of sp³-hybridized carbons (Fsp3) is 0.833. The minimum Gasteiger partial charge on any atom is -0.444 e. The molecule has 0 bridgehead atoms. The summed E-state index contributed by atoms with van der Waals surface area (Å²) in [6.07, 6.45) is 5.61. The van der Waals surface area contributed by atoms with Crippen molar-refractivity contribution in [2.75, 3.05) is 0 Å². The SMILES string of the molecule is CCc1nc(C(O)[C@H](CC2CCCCC2)NC(=O)OC(C)(C)C)no1. The number of ether oxygens (including phenoxy) is 1. The van der Waals surface area contributed by atoms with E-state index in [0.29, 0.717) is 24.7 Å². The molecule has 0 spiro atoms. The number of aliphatic hydroxyl groups excluding tert-OH is 1. The molecule has 1 aliphatic rings. The van der Waals surface area contributed by atoms with Gasteiger partial charge >= 0.3 is 6.09 Å². The van der Waals surface area contributed by atoms with Crippen LogP contribution in [0.25, 0.3) is 0 Å². The molecule has 1 saturated carbocycles. The number of carbonyl (C=O) groups excluding carboxylic acids is 1. The first-order valence-electron chi connectivity index (χ1n) is 9.28. The molecule has 2 atom stereocenters. The van der Waals surface area contributed by atoms with Crippen molar-refractivity contribution in [1.82, 2.24) is 15.5 Å². The zero-order valence-corrected chi connectivity index (χ0v) is 15.7. The Morgan fingerprint density at radius 2 is 2.04 bits per heavy atom. The normalized spacial score (nSPS) is 18.6. The first-order chi connectivity index (χ1) is 11.8. The highest BCUT2D eigenvalue weighted by atomic mass is 16.6. The van der Waals surface area contributed by atoms with Crippen molar-refractivity contribution in [2.24, 2.45) is 5.92 Å². The van der Waals surface area contributed by atoms with Crippen molar-refractivity contribution < 1.29 is 19.2 Å². The summed E-state index contributed by atoms with van der Waals surface area (Å²) in [5.41, 5.74) is -0.591. The van der Waals surface area contributed by atoms with E-state index in [4.69, 9.17) is 9.26 Å². The van der Waals surface area contributed by atoms with Crippen LogP contribution in [-0.4, -0.2) is 33.0 Å². The van der Waals surface area contributed by atoms with Gasteiger partial charge in [-0.2, -0.15) is 4.98 Å². The molecule has 0 aromatic carbocycles. The molecule has 7 heteroatoms. The van der Waals surface area contributed by atoms with E-state index in [0.717, 1.165) is 12.8 Å². The van der Waals surface area contributed by atoms with Gasteiger partial charge in [0.25, 0.3) is 0 Å². The van der Waals surface area contributed by atoms with Gasteiger partial charge in [0.05, 0.1) is 6.04 Å². The zero-order valence-electron chi connectivity index (χ0n) is 15.7. The van der Waals surface area contributed by atoms with Crippen LogP contribution in [0.3, 0.4) is 0 Å². The fourth-order valence-electron chi connectivity index (χ4n) is 3.22. The van der Waals surface area contributed by atoms with E-state index in [1.165, 1.54) is 19.3 Å². The van der Waals surface area contributed by atoms with Crippen LogP contribution in [0.15, 0.2) is 4.52 Å². The molecule has 1 unspecified atom stereocenters. The fourth-order valence-corrected chi connectivity index (χ4v) is 3.22. The molecule has 0 radical (unpaired) electrons. The van der Waals surface area contributed by atoms with Crippen LogP contribution in [0.5, 0.6) is 0 Å². The lowest BCUT2D eigenvalue weighted by atomic mass is 9.83. The lowest BCUT2D eigenvalue weighted by Crippen LogP contribution is -2.43. The summed E-state index contributed by atoms with van der Waals surface area (Å²) in [5.74, 6) is 1.16. The Morgan fingerprint density at radius 3 is 2.60 bits per heavy atom. The quantitative estimate of drug-likeness (QED) is 0.812. The minimum absolute atomic E-state index is 0.216. The topological polar surface area (TPSA) is 97.5 Å². The highest BCUT2D eigenvalue weighted by Crippen LogP contribution is 2.30. The summed E-state index contributed by atoms with van der Waals surface area (Å²) in [7, 11) is 0. The molecule has 1 heterocycles. The molecule has 7 nitrogen and oxygen atoms in total. The smallest absolute Gasteiger partial charge is 0.407 e. The van der Waals surface area contributed by atoms with Gasteiger partial charge in [-0.3, -0.25) is 0 Å². The molecule has 2 rings (SSSR count). The molecule has 1 amide bonds. The molecule has 0 saturated heterocycles. The number of hydrogen-bond donors (Lipinski definition) is 2. The van der Waals surface area contributed by atoms with Gasteiger partial charge in [-0.1, -0.05) is 44.2 Å². The average Bonchev–Trinajstić information content (AvgIpc) is 3.02. The van der Waals surface area contributed by atoms with Crippen LogP contribution in [-0.2, 0) is 11.2 Å². The van der Waals surface area contributed by atoms with Crippen molar-refractivity contribution in [3.8, 4) is 0 Å². The van der Waals surface area contributed by atoms with E-state index in [2.05, 4.69) is 15.5 Å². The van der Waals surface area contributed by atoms with Crippen molar-refractivity contribution in [3.05, 3.63) is 11.7 Å². The number of aryl methyl sites for hydroxylation is 1. The highest BCUT2D eigenvalue weighted by molar-refractivity contribution is 5.68. The molecule has 1 aromatic heterocycles. The van der Waals surface area contributed by atoms with Crippen molar-refractivity contribution in [2.45, 2.75) is 90.4 Å². The van der Waals surface area contributed by atoms with Crippen LogP contribution in [0.2, 0.25) is 0 Å². The third-order valence-corrected chi connectivity index (χ3v) is 4.45. The Kier molecular flexibility index (Phi) is 6.81. The largest absolute Gasteiger partial charge is 0.444 e. The van der Waals surface area contributed by atoms with E-state index in [9.17, 15) is 9.90 Å². The second-order valence-corrected chi connectivity index (χ2v) is 7.84. The Hall–Kier alpha value is -1.63. The summed E-state index contributed by atoms with van der Waals surface area (Å²) >= 11 is 0. The van der Waals surface area contributed by atoms with E-state index < -0.39 is 23.8 Å². The minimum atomic E-state index is -1.02. The lowest BCUT2D eigenvalue weighted by Gasteiger charge is -2.30. The van der Waals surface area contributed by atoms with Gasteiger partial charge in [0, 0.05) is 6.42 Å². The van der Waals surface area contributed by atoms with Gasteiger partial charge in [-0.05, 0) is 33.1 Å². The number of nitrogens with zero attached hydrogens (tertiary/aromatic N) is 2. The molecule has 1 fully saturated rings. The Balaban J connectivity index is 2.07. The summed E-state index contributed by atoms with van der Waals surface area (Å²) in [5, 5.41) is 17.4. The van der Waals surface area contributed by atoms with E-state index in [-0.39, 0.29) is 5.82 Å². The van der Waals surface area contributed by atoms with Crippen molar-refractivity contribution in [1.29, 1.82) is 0 Å². The summed E-state index contributed by atoms with van der Waals surface area (Å²) in [4.78, 5) is 16.4. The molecule has 1 aromatic rings. The Bertz CT molecular complexity index is 547. The van der Waals surface area contributed by atoms with Gasteiger partial charge in [-0.25, -0.2) is 4.79 Å². The third kappa shape index (κ3) is 6.30. The van der Waals surface area contributed by atoms with Crippen LogP contribution in [0.4, 0.5) is 4.79 Å². The number of carbonyl (C=O) groups is 1. The average molecular weight is 353 g/mol. The Morgan fingerprint density at radius 1 is 1.36 bits per heavy atom. The van der Waals surface area contributed by atoms with E-state index >= 15 is 0 Å². The van der Waals surface area contributed by atoms with Crippen LogP contribution in [0.1, 0.15) is 84.0 Å². The predicted octanol–water partition coefficient (Wildman–Crippen LogP) is 3.53. The number of hydrogen-bond acceptors (Lipinski definition) is 6. The van der Waals surface area contributed by atoms with E-state index in [1.807, 2.05) is 27.7 Å². The summed E-state index contributed by atoms with van der Waals surface area (Å²) in [6, 6.07) is -0.500. The second kappa shape index (κ2) is 8.65. The monoisotopic (exact) mass is 353 g/mol. The van der Waals surface area contributed by atoms with Crippen molar-refractivity contribution in [3.63, 3.8) is 0 Å². The van der Waals surface area contributed by atoms with Gasteiger partial charge in [0.1, 0.15) is 11.7 Å². The number of rotatable bonds is 6. The second-order valence-electron chi connectivity index (χ2n) is 7.84. The lowest BCUT2D eigenvalue weighted by molar-refractivity contribution is 0.0375. The van der Waals surface area contributed by atoms with Gasteiger partial charge in [0.15, 0.2) is 0 Å². The van der Waals surface area contributed by atoms with Crippen LogP contribution >= 0.6 is 0 Å². The number of amides is 1. The van der Waals surface area contributed by atoms with Crippen molar-refractivity contribution >= 4 is 6.09 Å². The van der Waals surface area contributed by atoms with Gasteiger partial charge in [0.2, 0.25) is 11.7 Å². The van der Waals surface area contributed by atoms with Gasteiger partial charge in [-0.15, -0.1) is 0 Å². The first kappa shape index (κ1) is 19.7. The standard InChI is InChI=1S/C18H31N3O4/c1-5-14-20-16(21-25-14)15(22)13(11-12-9-7-6-8-10-12)19-17(23)24-18(2,3)4/h12-13,15,22H,5-11H2,1-4H3,(H,19,23)/t13-,15?/m0/s1. The maximum Gasteiger partial charge on any atom is 0.407 e. The summed E-state index contributed by atoms with van der Waals surface area (Å²) < 4.78 is 10.4. The zero-order chi connectivity index (χ0) is 18.4. The molecule has 25 heavy (non-hydrogen) atoms. The molecular weight excluding hydrogens is 322 g/mol. The molecular formula is C18H31N3O4. The predicted molar refractivity (Wildman–Crippen MR) is 93.0 cm³/mol. The first-order valence-corrected chi connectivity index (χ1v) is 9.28. The van der Waals surface area contributed by atoms with Crippen LogP contribution in [0, 0.1) is 5.92 Å². The number of alkyl carbamates (subject to hydrolysis) is 1. The molecule has 0 aliphatic heterocycles. The Labute approximate surface area is 149 Å². The maximum absolute atomic E-state index is 12.2. The maximum atomic E-state index is 12.2. The molecule has 142 valence electrons. The summed E-state index contributed by atoms with van der Waals surface area (Å²) in [6.45, 7) is 7.34. The molecule has 2 N–H and O–H groups in total. The molecule has 1 aliphatic carbocycles.